The number of hydrogen-bond acceptors (Lipinski definition) is 6. The zero-order valence-electron chi connectivity index (χ0n) is 23.7. The van der Waals surface area contributed by atoms with Crippen LogP contribution < -0.4 is 10.6 Å². The van der Waals surface area contributed by atoms with Crippen LogP contribution in [0.5, 0.6) is 0 Å². The van der Waals surface area contributed by atoms with E-state index in [1.54, 1.807) is 0 Å². The van der Waals surface area contributed by atoms with Crippen LogP contribution in [0, 0.1) is 0 Å². The standard InChI is InChI=1S/C29H52N2O7/c1-3-5-7-8-9-10-11-17-21-28(35)38-24(18-14-6-4-2)19-15-12-13-16-20-26(33)30-22-27(34)31-25(23-32)29(36)37/h14,18,24-25,32H,3-13,15-17,19-23H2,1-2H3,(H,30,33)(H,31,34)(H,36,37)/b18-14-. The molecule has 0 aromatic carbocycles. The summed E-state index contributed by atoms with van der Waals surface area (Å²) in [6.07, 6.45) is 20.2. The van der Waals surface area contributed by atoms with Crippen molar-refractivity contribution in [3.05, 3.63) is 12.2 Å². The van der Waals surface area contributed by atoms with Crippen molar-refractivity contribution in [1.29, 1.82) is 0 Å². The number of unbranched alkanes of at least 4 members (excludes halogenated alkanes) is 11. The first kappa shape index (κ1) is 35.6. The number of aliphatic carboxylic acids is 1. The van der Waals surface area contributed by atoms with Gasteiger partial charge in [-0.15, -0.1) is 0 Å². The van der Waals surface area contributed by atoms with Gasteiger partial charge in [0.2, 0.25) is 11.8 Å². The molecule has 2 amide bonds. The van der Waals surface area contributed by atoms with Crippen molar-refractivity contribution in [1.82, 2.24) is 10.6 Å². The molecule has 0 aliphatic carbocycles. The minimum atomic E-state index is -1.38. The summed E-state index contributed by atoms with van der Waals surface area (Å²) in [5, 5.41) is 22.3. The molecule has 2 unspecified atom stereocenters. The molecule has 220 valence electrons. The highest BCUT2D eigenvalue weighted by atomic mass is 16.5. The molecular formula is C29H52N2O7. The van der Waals surface area contributed by atoms with E-state index in [0.29, 0.717) is 12.8 Å². The molecule has 38 heavy (non-hydrogen) atoms. The maximum absolute atomic E-state index is 12.3. The number of rotatable bonds is 25. The van der Waals surface area contributed by atoms with Gasteiger partial charge in [0.25, 0.3) is 0 Å². The number of esters is 1. The lowest BCUT2D eigenvalue weighted by Crippen LogP contribution is -2.47. The van der Waals surface area contributed by atoms with Crippen LogP contribution in [0.4, 0.5) is 0 Å². The normalized spacial score (nSPS) is 12.7. The summed E-state index contributed by atoms with van der Waals surface area (Å²) in [5.41, 5.74) is 0. The summed E-state index contributed by atoms with van der Waals surface area (Å²) < 4.78 is 5.73. The molecule has 0 rings (SSSR count). The van der Waals surface area contributed by atoms with Gasteiger partial charge < -0.3 is 25.6 Å². The van der Waals surface area contributed by atoms with Crippen molar-refractivity contribution < 1.29 is 34.1 Å². The number of carbonyl (C=O) groups excluding carboxylic acids is 3. The Morgan fingerprint density at radius 2 is 1.39 bits per heavy atom. The summed E-state index contributed by atoms with van der Waals surface area (Å²) in [5.74, 6) is -2.42. The number of amides is 2. The van der Waals surface area contributed by atoms with E-state index >= 15 is 0 Å². The lowest BCUT2D eigenvalue weighted by Gasteiger charge is -2.15. The van der Waals surface area contributed by atoms with E-state index in [9.17, 15) is 19.2 Å². The predicted molar refractivity (Wildman–Crippen MR) is 149 cm³/mol. The lowest BCUT2D eigenvalue weighted by atomic mass is 10.1. The highest BCUT2D eigenvalue weighted by Gasteiger charge is 2.18. The van der Waals surface area contributed by atoms with Gasteiger partial charge in [-0.3, -0.25) is 14.4 Å². The first-order valence-corrected chi connectivity index (χ1v) is 14.6. The molecule has 0 fully saturated rings. The molecular weight excluding hydrogens is 488 g/mol. The van der Waals surface area contributed by atoms with Crippen molar-refractivity contribution in [3.63, 3.8) is 0 Å². The van der Waals surface area contributed by atoms with Crippen molar-refractivity contribution in [2.45, 2.75) is 135 Å². The van der Waals surface area contributed by atoms with E-state index in [2.05, 4.69) is 30.6 Å². The third kappa shape index (κ3) is 21.6. The van der Waals surface area contributed by atoms with Crippen molar-refractivity contribution in [2.24, 2.45) is 0 Å². The molecule has 0 saturated carbocycles. The Morgan fingerprint density at radius 1 is 0.789 bits per heavy atom. The van der Waals surface area contributed by atoms with Gasteiger partial charge in [-0.2, -0.15) is 0 Å². The SMILES string of the molecule is CCC/C=C\C(CCCCCCC(=O)NCC(=O)NC(CO)C(=O)O)OC(=O)CCCCCCCCCC. The molecule has 0 aliphatic heterocycles. The number of ether oxygens (including phenoxy) is 1. The van der Waals surface area contributed by atoms with Crippen LogP contribution in [-0.2, 0) is 23.9 Å². The molecule has 0 spiro atoms. The first-order valence-electron chi connectivity index (χ1n) is 14.6. The number of carboxylic acid groups (broad SMARTS) is 1. The largest absolute Gasteiger partial charge is 0.480 e. The average molecular weight is 541 g/mol. The van der Waals surface area contributed by atoms with Gasteiger partial charge in [0.05, 0.1) is 13.2 Å². The fourth-order valence-electron chi connectivity index (χ4n) is 3.92. The maximum Gasteiger partial charge on any atom is 0.328 e. The molecule has 4 N–H and O–H groups in total. The number of hydrogen-bond donors (Lipinski definition) is 4. The predicted octanol–water partition coefficient (Wildman–Crippen LogP) is 4.80. The van der Waals surface area contributed by atoms with Crippen LogP contribution in [-0.4, -0.2) is 59.3 Å². The second-order valence-electron chi connectivity index (χ2n) is 9.84. The second kappa shape index (κ2) is 24.9. The molecule has 9 nitrogen and oxygen atoms in total. The van der Waals surface area contributed by atoms with Crippen LogP contribution in [0.25, 0.3) is 0 Å². The zero-order valence-corrected chi connectivity index (χ0v) is 23.7. The van der Waals surface area contributed by atoms with Crippen LogP contribution in [0.1, 0.15) is 123 Å². The first-order chi connectivity index (χ1) is 18.3. The molecule has 0 heterocycles. The number of allylic oxidation sites excluding steroid dienone is 1. The van der Waals surface area contributed by atoms with Gasteiger partial charge in [0, 0.05) is 12.8 Å². The van der Waals surface area contributed by atoms with Crippen molar-refractivity contribution >= 4 is 23.8 Å². The Bertz CT molecular complexity index is 682. The fraction of sp³-hybridized carbons (Fsp3) is 0.793. The second-order valence-corrected chi connectivity index (χ2v) is 9.84. The third-order valence-electron chi connectivity index (χ3n) is 6.23. The Balaban J connectivity index is 4.09. The van der Waals surface area contributed by atoms with Crippen molar-refractivity contribution in [3.8, 4) is 0 Å². The number of nitrogens with one attached hydrogen (secondary N) is 2. The van der Waals surface area contributed by atoms with Gasteiger partial charge in [0.1, 0.15) is 12.1 Å². The molecule has 0 saturated heterocycles. The number of carboxylic acids is 1. The van der Waals surface area contributed by atoms with Crippen LogP contribution in [0.15, 0.2) is 12.2 Å². The summed E-state index contributed by atoms with van der Waals surface area (Å²) in [4.78, 5) is 46.7. The summed E-state index contributed by atoms with van der Waals surface area (Å²) in [7, 11) is 0. The van der Waals surface area contributed by atoms with Crippen molar-refractivity contribution in [2.75, 3.05) is 13.2 Å². The lowest BCUT2D eigenvalue weighted by molar-refractivity contribution is -0.147. The quantitative estimate of drug-likeness (QED) is 0.0740. The molecule has 0 radical (unpaired) electrons. The van der Waals surface area contributed by atoms with Gasteiger partial charge >= 0.3 is 11.9 Å². The number of carbonyl (C=O) groups is 4. The van der Waals surface area contributed by atoms with Gasteiger partial charge in [-0.25, -0.2) is 4.79 Å². The van der Waals surface area contributed by atoms with Crippen LogP contribution in [0.3, 0.4) is 0 Å². The molecule has 0 aliphatic rings. The third-order valence-corrected chi connectivity index (χ3v) is 6.23. The number of aliphatic hydroxyl groups is 1. The minimum Gasteiger partial charge on any atom is -0.480 e. The van der Waals surface area contributed by atoms with Crippen LogP contribution in [0.2, 0.25) is 0 Å². The topological polar surface area (TPSA) is 142 Å². The molecule has 0 aromatic heterocycles. The average Bonchev–Trinajstić information content (AvgIpc) is 2.89. The summed E-state index contributed by atoms with van der Waals surface area (Å²) in [6.45, 7) is 3.27. The van der Waals surface area contributed by atoms with E-state index in [1.807, 2.05) is 6.08 Å². The van der Waals surface area contributed by atoms with Crippen LogP contribution >= 0.6 is 0 Å². The molecule has 0 aromatic rings. The van der Waals surface area contributed by atoms with E-state index in [1.165, 1.54) is 38.5 Å². The smallest absolute Gasteiger partial charge is 0.328 e. The fourth-order valence-corrected chi connectivity index (χ4v) is 3.92. The molecule has 9 heteroatoms. The highest BCUT2D eigenvalue weighted by molar-refractivity contribution is 5.87. The van der Waals surface area contributed by atoms with E-state index in [4.69, 9.17) is 14.9 Å². The highest BCUT2D eigenvalue weighted by Crippen LogP contribution is 2.14. The Kier molecular flexibility index (Phi) is 23.3. The van der Waals surface area contributed by atoms with Gasteiger partial charge in [-0.05, 0) is 38.2 Å². The Hall–Kier alpha value is -2.42. The van der Waals surface area contributed by atoms with Gasteiger partial charge in [-0.1, -0.05) is 84.1 Å². The van der Waals surface area contributed by atoms with E-state index in [0.717, 1.165) is 51.4 Å². The summed E-state index contributed by atoms with van der Waals surface area (Å²) >= 11 is 0. The Morgan fingerprint density at radius 3 is 2.00 bits per heavy atom. The summed E-state index contributed by atoms with van der Waals surface area (Å²) in [6, 6.07) is -1.38. The minimum absolute atomic E-state index is 0.128. The maximum atomic E-state index is 12.3. The number of aliphatic hydroxyl groups excluding tert-OH is 1. The monoisotopic (exact) mass is 540 g/mol. The Labute approximate surface area is 229 Å². The van der Waals surface area contributed by atoms with Gasteiger partial charge in [0.15, 0.2) is 0 Å². The van der Waals surface area contributed by atoms with E-state index < -0.39 is 24.5 Å². The molecule has 0 bridgehead atoms. The van der Waals surface area contributed by atoms with E-state index in [-0.39, 0.29) is 30.9 Å². The zero-order chi connectivity index (χ0) is 28.4. The molecule has 2 atom stereocenters.